The molecule has 6 heteroatoms. The number of aromatic nitrogens is 2. The molecule has 0 aliphatic heterocycles. The molecule has 0 radical (unpaired) electrons. The topological polar surface area (TPSA) is 68.2 Å². The van der Waals surface area contributed by atoms with E-state index in [1.807, 2.05) is 30.5 Å². The van der Waals surface area contributed by atoms with E-state index in [1.54, 1.807) is 25.0 Å². The number of ether oxygens (including phenoxy) is 1. The lowest BCUT2D eigenvalue weighted by molar-refractivity contribution is -0.121. The summed E-state index contributed by atoms with van der Waals surface area (Å²) >= 11 is 0. The molecule has 2 rings (SSSR count). The van der Waals surface area contributed by atoms with Crippen molar-refractivity contribution in [3.8, 4) is 5.75 Å². The van der Waals surface area contributed by atoms with Gasteiger partial charge < -0.3 is 15.4 Å². The van der Waals surface area contributed by atoms with Crippen molar-refractivity contribution < 1.29 is 9.53 Å². The van der Waals surface area contributed by atoms with Crippen molar-refractivity contribution in [3.63, 3.8) is 0 Å². The minimum absolute atomic E-state index is 0.0782. The summed E-state index contributed by atoms with van der Waals surface area (Å²) in [5.74, 6) is 0.752. The van der Waals surface area contributed by atoms with Crippen LogP contribution in [0.4, 0.5) is 5.69 Å². The standard InChI is InChI=1S/C15H20N4O2/c1-11(12-5-4-6-14(7-12)21-3)18-13-8-17-19(9-13)10-15(20)16-2/h4-9,11,18H,10H2,1-3H3,(H,16,20). The number of anilines is 1. The number of likely N-dealkylation sites (N-methyl/N-ethyl adjacent to an activating group) is 1. The van der Waals surface area contributed by atoms with E-state index >= 15 is 0 Å². The zero-order chi connectivity index (χ0) is 15.2. The molecule has 6 nitrogen and oxygen atoms in total. The first-order chi connectivity index (χ1) is 10.1. The van der Waals surface area contributed by atoms with Crippen molar-refractivity contribution in [2.75, 3.05) is 19.5 Å². The van der Waals surface area contributed by atoms with Gasteiger partial charge in [-0.1, -0.05) is 12.1 Å². The molecule has 21 heavy (non-hydrogen) atoms. The summed E-state index contributed by atoms with van der Waals surface area (Å²) in [5.41, 5.74) is 1.99. The molecule has 0 aliphatic carbocycles. The van der Waals surface area contributed by atoms with Gasteiger partial charge >= 0.3 is 0 Å². The quantitative estimate of drug-likeness (QED) is 0.850. The van der Waals surface area contributed by atoms with E-state index in [9.17, 15) is 4.79 Å². The van der Waals surface area contributed by atoms with Gasteiger partial charge in [-0.15, -0.1) is 0 Å². The molecule has 0 saturated heterocycles. The molecular weight excluding hydrogens is 268 g/mol. The Morgan fingerprint density at radius 2 is 2.29 bits per heavy atom. The molecule has 1 aromatic carbocycles. The Morgan fingerprint density at radius 1 is 1.48 bits per heavy atom. The Morgan fingerprint density at radius 3 is 3.00 bits per heavy atom. The molecule has 0 bridgehead atoms. The maximum atomic E-state index is 11.3. The first-order valence-corrected chi connectivity index (χ1v) is 6.76. The van der Waals surface area contributed by atoms with Gasteiger partial charge in [0.25, 0.3) is 0 Å². The van der Waals surface area contributed by atoms with E-state index in [-0.39, 0.29) is 18.5 Å². The van der Waals surface area contributed by atoms with Crippen LogP contribution in [0, 0.1) is 0 Å². The zero-order valence-electron chi connectivity index (χ0n) is 12.5. The van der Waals surface area contributed by atoms with E-state index in [0.717, 1.165) is 17.0 Å². The van der Waals surface area contributed by atoms with Gasteiger partial charge in [-0.05, 0) is 24.6 Å². The maximum absolute atomic E-state index is 11.3. The monoisotopic (exact) mass is 288 g/mol. The second-order valence-corrected chi connectivity index (χ2v) is 4.74. The van der Waals surface area contributed by atoms with Crippen LogP contribution in [-0.2, 0) is 11.3 Å². The smallest absolute Gasteiger partial charge is 0.241 e. The van der Waals surface area contributed by atoms with Crippen molar-refractivity contribution in [1.29, 1.82) is 0 Å². The molecule has 1 unspecified atom stereocenters. The second kappa shape index (κ2) is 6.78. The van der Waals surface area contributed by atoms with Gasteiger partial charge in [0, 0.05) is 19.3 Å². The number of carbonyl (C=O) groups excluding carboxylic acids is 1. The van der Waals surface area contributed by atoms with E-state index in [0.29, 0.717) is 0 Å². The van der Waals surface area contributed by atoms with Gasteiger partial charge in [-0.2, -0.15) is 5.10 Å². The van der Waals surface area contributed by atoms with Crippen molar-refractivity contribution in [2.45, 2.75) is 19.5 Å². The first-order valence-electron chi connectivity index (χ1n) is 6.76. The van der Waals surface area contributed by atoms with E-state index in [1.165, 1.54) is 0 Å². The van der Waals surface area contributed by atoms with Crippen LogP contribution in [0.2, 0.25) is 0 Å². The lowest BCUT2D eigenvalue weighted by atomic mass is 10.1. The number of nitrogens with zero attached hydrogens (tertiary/aromatic N) is 2. The Kier molecular flexibility index (Phi) is 4.81. The lowest BCUT2D eigenvalue weighted by Gasteiger charge is -2.14. The predicted molar refractivity (Wildman–Crippen MR) is 81.3 cm³/mol. The van der Waals surface area contributed by atoms with Crippen LogP contribution in [0.1, 0.15) is 18.5 Å². The summed E-state index contributed by atoms with van der Waals surface area (Å²) in [6, 6.07) is 8.01. The zero-order valence-corrected chi connectivity index (χ0v) is 12.5. The van der Waals surface area contributed by atoms with E-state index in [2.05, 4.69) is 22.7 Å². The average Bonchev–Trinajstić information content (AvgIpc) is 2.94. The number of hydrogen-bond donors (Lipinski definition) is 2. The Labute approximate surface area is 124 Å². The SMILES string of the molecule is CNC(=O)Cn1cc(NC(C)c2cccc(OC)c2)cn1. The van der Waals surface area contributed by atoms with Gasteiger partial charge in [0.1, 0.15) is 12.3 Å². The molecule has 1 heterocycles. The lowest BCUT2D eigenvalue weighted by Crippen LogP contribution is -2.23. The van der Waals surface area contributed by atoms with Gasteiger partial charge in [0.15, 0.2) is 0 Å². The van der Waals surface area contributed by atoms with Crippen LogP contribution in [0.5, 0.6) is 5.75 Å². The first kappa shape index (κ1) is 14.9. The number of methoxy groups -OCH3 is 1. The molecule has 0 fully saturated rings. The number of benzene rings is 1. The van der Waals surface area contributed by atoms with Crippen LogP contribution in [0.3, 0.4) is 0 Å². The molecule has 2 N–H and O–H groups in total. The summed E-state index contributed by atoms with van der Waals surface area (Å²) in [5, 5.41) is 10.1. The summed E-state index contributed by atoms with van der Waals surface area (Å²) in [6.45, 7) is 2.27. The molecule has 0 spiro atoms. The van der Waals surface area contributed by atoms with Gasteiger partial charge in [0.05, 0.1) is 19.0 Å². The third kappa shape index (κ3) is 3.98. The molecule has 0 saturated carbocycles. The highest BCUT2D eigenvalue weighted by molar-refractivity contribution is 5.75. The number of carbonyl (C=O) groups is 1. The normalized spacial score (nSPS) is 11.8. The highest BCUT2D eigenvalue weighted by atomic mass is 16.5. The van der Waals surface area contributed by atoms with Crippen molar-refractivity contribution >= 4 is 11.6 Å². The Balaban J connectivity index is 2.02. The molecule has 1 aromatic heterocycles. The van der Waals surface area contributed by atoms with E-state index < -0.39 is 0 Å². The van der Waals surface area contributed by atoms with Gasteiger partial charge in [-0.25, -0.2) is 0 Å². The third-order valence-corrected chi connectivity index (χ3v) is 3.19. The maximum Gasteiger partial charge on any atom is 0.241 e. The Hall–Kier alpha value is -2.50. The fourth-order valence-corrected chi connectivity index (χ4v) is 1.99. The van der Waals surface area contributed by atoms with Gasteiger partial charge in [-0.3, -0.25) is 9.48 Å². The van der Waals surface area contributed by atoms with Crippen molar-refractivity contribution in [1.82, 2.24) is 15.1 Å². The summed E-state index contributed by atoms with van der Waals surface area (Å²) in [7, 11) is 3.26. The van der Waals surface area contributed by atoms with Crippen LogP contribution in [0.15, 0.2) is 36.7 Å². The molecule has 0 aliphatic rings. The van der Waals surface area contributed by atoms with Crippen LogP contribution in [0.25, 0.3) is 0 Å². The fourth-order valence-electron chi connectivity index (χ4n) is 1.99. The molecule has 112 valence electrons. The summed E-state index contributed by atoms with van der Waals surface area (Å²) in [4.78, 5) is 11.3. The molecular formula is C15H20N4O2. The highest BCUT2D eigenvalue weighted by Crippen LogP contribution is 2.22. The summed E-state index contributed by atoms with van der Waals surface area (Å²) in [6.07, 6.45) is 3.52. The number of amides is 1. The van der Waals surface area contributed by atoms with Gasteiger partial charge in [0.2, 0.25) is 5.91 Å². The average molecular weight is 288 g/mol. The fraction of sp³-hybridized carbons (Fsp3) is 0.333. The van der Waals surface area contributed by atoms with Crippen LogP contribution in [-0.4, -0.2) is 29.8 Å². The highest BCUT2D eigenvalue weighted by Gasteiger charge is 2.08. The van der Waals surface area contributed by atoms with Crippen LogP contribution < -0.4 is 15.4 Å². The van der Waals surface area contributed by atoms with Crippen molar-refractivity contribution in [2.24, 2.45) is 0 Å². The second-order valence-electron chi connectivity index (χ2n) is 4.74. The number of rotatable bonds is 6. The molecule has 2 aromatic rings. The number of nitrogens with one attached hydrogen (secondary N) is 2. The predicted octanol–water partition coefficient (Wildman–Crippen LogP) is 1.81. The Bertz CT molecular complexity index is 609. The van der Waals surface area contributed by atoms with Crippen molar-refractivity contribution in [3.05, 3.63) is 42.2 Å². The third-order valence-electron chi connectivity index (χ3n) is 3.19. The summed E-state index contributed by atoms with van der Waals surface area (Å²) < 4.78 is 6.82. The molecule has 1 amide bonds. The van der Waals surface area contributed by atoms with Crippen LogP contribution >= 0.6 is 0 Å². The molecule has 1 atom stereocenters. The minimum Gasteiger partial charge on any atom is -0.497 e. The largest absolute Gasteiger partial charge is 0.497 e. The number of hydrogen-bond acceptors (Lipinski definition) is 4. The minimum atomic E-state index is -0.0782. The van der Waals surface area contributed by atoms with E-state index in [4.69, 9.17) is 4.74 Å².